The van der Waals surface area contributed by atoms with Gasteiger partial charge in [-0.1, -0.05) is 36.4 Å². The van der Waals surface area contributed by atoms with Crippen LogP contribution in [0.1, 0.15) is 21.6 Å². The highest BCUT2D eigenvalue weighted by Gasteiger charge is 2.36. The van der Waals surface area contributed by atoms with Crippen molar-refractivity contribution in [1.29, 1.82) is 0 Å². The summed E-state index contributed by atoms with van der Waals surface area (Å²) in [6.07, 6.45) is -3.72. The fraction of sp³-hybridized carbons (Fsp3) is 0.0769. The summed E-state index contributed by atoms with van der Waals surface area (Å²) in [5.41, 5.74) is 4.26. The second kappa shape index (κ2) is 9.95. The number of benzene rings is 2. The number of aromatic nitrogens is 2. The molecule has 4 aromatic rings. The van der Waals surface area contributed by atoms with Gasteiger partial charge in [-0.2, -0.15) is 13.2 Å². The van der Waals surface area contributed by atoms with Gasteiger partial charge in [-0.15, -0.1) is 0 Å². The monoisotopic (exact) mass is 494 g/mol. The first-order valence-corrected chi connectivity index (χ1v) is 10.6. The number of nitrogens with one attached hydrogen (secondary N) is 1. The van der Waals surface area contributed by atoms with E-state index in [1.807, 2.05) is 0 Å². The molecule has 0 saturated carbocycles. The lowest BCUT2D eigenvalue weighted by molar-refractivity contribution is -0.137. The van der Waals surface area contributed by atoms with Crippen LogP contribution in [0.15, 0.2) is 79.0 Å². The fourth-order valence-corrected chi connectivity index (χ4v) is 3.60. The Hall–Kier alpha value is -4.60. The van der Waals surface area contributed by atoms with Gasteiger partial charge in [-0.05, 0) is 36.4 Å². The molecular formula is C26H18F4N4O2. The van der Waals surface area contributed by atoms with Gasteiger partial charge in [0.15, 0.2) is 0 Å². The molecular weight excluding hydrogens is 476 g/mol. The summed E-state index contributed by atoms with van der Waals surface area (Å²) in [7, 11) is 0. The van der Waals surface area contributed by atoms with E-state index in [-0.39, 0.29) is 29.6 Å². The number of anilines is 1. The predicted octanol–water partition coefficient (Wildman–Crippen LogP) is 5.25. The van der Waals surface area contributed by atoms with E-state index < -0.39 is 40.5 Å². The van der Waals surface area contributed by atoms with E-state index in [0.29, 0.717) is 11.3 Å². The molecule has 0 fully saturated rings. The molecule has 2 heterocycles. The minimum atomic E-state index is -4.87. The molecule has 10 heteroatoms. The number of halogens is 4. The van der Waals surface area contributed by atoms with Crippen molar-refractivity contribution < 1.29 is 27.2 Å². The Morgan fingerprint density at radius 1 is 0.944 bits per heavy atom. The zero-order chi connectivity index (χ0) is 25.9. The standard InChI is InChI=1S/C26H18F4N4O2/c27-20-14-19(26(28,29)30)17(21-8-4-5-11-32-21)13-18(20)25(36)34-22-10-9-16(12-23(31)35)33-24(22)15-6-2-1-3-7-15/h1-11,13-14H,12H2,(H2,31,35)(H,34,36). The molecule has 4 rings (SSSR count). The molecule has 0 atom stereocenters. The molecule has 3 N–H and O–H groups in total. The SMILES string of the molecule is NC(=O)Cc1ccc(NC(=O)c2cc(-c3ccccn3)c(C(F)(F)F)cc2F)c(-c2ccccc2)n1. The Labute approximate surface area is 202 Å². The molecule has 182 valence electrons. The number of nitrogens with two attached hydrogens (primary N) is 1. The van der Waals surface area contributed by atoms with Crippen molar-refractivity contribution in [2.45, 2.75) is 12.6 Å². The number of rotatable bonds is 6. The van der Waals surface area contributed by atoms with Crippen molar-refractivity contribution in [3.63, 3.8) is 0 Å². The number of carbonyl (C=O) groups excluding carboxylic acids is 2. The van der Waals surface area contributed by atoms with Crippen molar-refractivity contribution in [2.24, 2.45) is 5.73 Å². The summed E-state index contributed by atoms with van der Waals surface area (Å²) >= 11 is 0. The van der Waals surface area contributed by atoms with Gasteiger partial charge in [0, 0.05) is 17.3 Å². The van der Waals surface area contributed by atoms with E-state index in [1.54, 1.807) is 30.3 Å². The van der Waals surface area contributed by atoms with Gasteiger partial charge in [0.1, 0.15) is 5.82 Å². The molecule has 0 radical (unpaired) electrons. The van der Waals surface area contributed by atoms with Gasteiger partial charge in [-0.3, -0.25) is 19.6 Å². The van der Waals surface area contributed by atoms with E-state index in [2.05, 4.69) is 15.3 Å². The molecule has 0 unspecified atom stereocenters. The largest absolute Gasteiger partial charge is 0.417 e. The first-order chi connectivity index (χ1) is 17.1. The number of nitrogens with zero attached hydrogens (tertiary/aromatic N) is 2. The molecule has 0 aliphatic heterocycles. The van der Waals surface area contributed by atoms with Crippen LogP contribution in [-0.4, -0.2) is 21.8 Å². The van der Waals surface area contributed by atoms with Crippen molar-refractivity contribution in [1.82, 2.24) is 9.97 Å². The smallest absolute Gasteiger partial charge is 0.369 e. The van der Waals surface area contributed by atoms with Crippen molar-refractivity contribution in [3.8, 4) is 22.5 Å². The Bertz CT molecular complexity index is 1430. The van der Waals surface area contributed by atoms with E-state index in [0.717, 1.165) is 6.07 Å². The fourth-order valence-electron chi connectivity index (χ4n) is 3.60. The summed E-state index contributed by atoms with van der Waals surface area (Å²) in [5, 5.41) is 2.52. The maximum Gasteiger partial charge on any atom is 0.417 e. The minimum Gasteiger partial charge on any atom is -0.369 e. The predicted molar refractivity (Wildman–Crippen MR) is 125 cm³/mol. The zero-order valence-corrected chi connectivity index (χ0v) is 18.5. The average Bonchev–Trinajstić information content (AvgIpc) is 2.85. The van der Waals surface area contributed by atoms with Crippen LogP contribution in [0.3, 0.4) is 0 Å². The highest BCUT2D eigenvalue weighted by atomic mass is 19.4. The third kappa shape index (κ3) is 5.38. The number of pyridine rings is 2. The summed E-state index contributed by atoms with van der Waals surface area (Å²) in [5.74, 6) is -2.94. The molecule has 0 aliphatic rings. The second-order valence-electron chi connectivity index (χ2n) is 7.75. The van der Waals surface area contributed by atoms with Crippen LogP contribution in [0.4, 0.5) is 23.2 Å². The van der Waals surface area contributed by atoms with Gasteiger partial charge >= 0.3 is 6.18 Å². The molecule has 6 nitrogen and oxygen atoms in total. The lowest BCUT2D eigenvalue weighted by Gasteiger charge is -2.16. The van der Waals surface area contributed by atoms with E-state index in [1.165, 1.54) is 36.5 Å². The molecule has 36 heavy (non-hydrogen) atoms. The van der Waals surface area contributed by atoms with Gasteiger partial charge < -0.3 is 11.1 Å². The van der Waals surface area contributed by atoms with Crippen molar-refractivity contribution in [3.05, 3.63) is 102 Å². The van der Waals surface area contributed by atoms with E-state index >= 15 is 0 Å². The number of carbonyl (C=O) groups is 2. The third-order valence-corrected chi connectivity index (χ3v) is 5.20. The number of primary amides is 1. The first-order valence-electron chi connectivity index (χ1n) is 10.6. The quantitative estimate of drug-likeness (QED) is 0.358. The molecule has 0 saturated heterocycles. The van der Waals surface area contributed by atoms with Crippen LogP contribution in [0.25, 0.3) is 22.5 Å². The minimum absolute atomic E-state index is 0.0682. The molecule has 0 bridgehead atoms. The molecule has 2 aromatic heterocycles. The first kappa shape index (κ1) is 24.5. The summed E-state index contributed by atoms with van der Waals surface area (Å²) < 4.78 is 55.7. The topological polar surface area (TPSA) is 98.0 Å². The zero-order valence-electron chi connectivity index (χ0n) is 18.5. The van der Waals surface area contributed by atoms with Crippen molar-refractivity contribution >= 4 is 17.5 Å². The number of hydrogen-bond acceptors (Lipinski definition) is 4. The highest BCUT2D eigenvalue weighted by molar-refractivity contribution is 6.07. The molecule has 2 aromatic carbocycles. The molecule has 2 amide bonds. The number of amides is 2. The van der Waals surface area contributed by atoms with Crippen LogP contribution in [-0.2, 0) is 17.4 Å². The Balaban J connectivity index is 1.77. The molecule has 0 spiro atoms. The van der Waals surface area contributed by atoms with E-state index in [9.17, 15) is 27.2 Å². The number of alkyl halides is 3. The number of hydrogen-bond donors (Lipinski definition) is 2. The third-order valence-electron chi connectivity index (χ3n) is 5.20. The molecule has 0 aliphatic carbocycles. The van der Waals surface area contributed by atoms with Crippen LogP contribution >= 0.6 is 0 Å². The van der Waals surface area contributed by atoms with Crippen molar-refractivity contribution in [2.75, 3.05) is 5.32 Å². The Kier molecular flexibility index (Phi) is 6.77. The van der Waals surface area contributed by atoms with E-state index in [4.69, 9.17) is 5.73 Å². The lowest BCUT2D eigenvalue weighted by atomic mass is 9.99. The normalized spacial score (nSPS) is 11.2. The summed E-state index contributed by atoms with van der Waals surface area (Å²) in [6, 6.07) is 17.0. The van der Waals surface area contributed by atoms with Crippen LogP contribution in [0.2, 0.25) is 0 Å². The highest BCUT2D eigenvalue weighted by Crippen LogP contribution is 2.38. The summed E-state index contributed by atoms with van der Waals surface area (Å²) in [4.78, 5) is 32.7. The van der Waals surface area contributed by atoms with Crippen LogP contribution < -0.4 is 11.1 Å². The van der Waals surface area contributed by atoms with Crippen LogP contribution in [0.5, 0.6) is 0 Å². The van der Waals surface area contributed by atoms with Gasteiger partial charge in [0.25, 0.3) is 5.91 Å². The van der Waals surface area contributed by atoms with Gasteiger partial charge in [-0.25, -0.2) is 4.39 Å². The van der Waals surface area contributed by atoms with Crippen LogP contribution in [0, 0.1) is 5.82 Å². The Morgan fingerprint density at radius 2 is 1.67 bits per heavy atom. The second-order valence-corrected chi connectivity index (χ2v) is 7.75. The van der Waals surface area contributed by atoms with Gasteiger partial charge in [0.2, 0.25) is 5.91 Å². The average molecular weight is 494 g/mol. The maximum absolute atomic E-state index is 14.8. The lowest BCUT2D eigenvalue weighted by Crippen LogP contribution is -2.18. The maximum atomic E-state index is 14.8. The summed E-state index contributed by atoms with van der Waals surface area (Å²) in [6.45, 7) is 0. The van der Waals surface area contributed by atoms with Gasteiger partial charge in [0.05, 0.1) is 40.3 Å². The Morgan fingerprint density at radius 3 is 2.31 bits per heavy atom.